The van der Waals surface area contributed by atoms with Crippen LogP contribution in [-0.2, 0) is 0 Å². The molecule has 1 aliphatic heterocycles. The number of carboxylic acids is 1. The lowest BCUT2D eigenvalue weighted by molar-refractivity contribution is 0.0697. The fraction of sp³-hybridized carbons (Fsp3) is 0.429. The van der Waals surface area contributed by atoms with Crippen LogP contribution in [0.15, 0.2) is 24.3 Å². The van der Waals surface area contributed by atoms with Crippen LogP contribution in [-0.4, -0.2) is 34.6 Å². The Morgan fingerprint density at radius 2 is 2.26 bits per heavy atom. The SMILES string of the molecule is CCC1CCCN1C(=O)Nc1cccc(C(=O)O)c1. The summed E-state index contributed by atoms with van der Waals surface area (Å²) in [6.07, 6.45) is 3.02. The first-order valence-corrected chi connectivity index (χ1v) is 6.52. The highest BCUT2D eigenvalue weighted by Crippen LogP contribution is 2.21. The maximum absolute atomic E-state index is 12.1. The zero-order chi connectivity index (χ0) is 13.8. The molecule has 1 aliphatic rings. The second-order valence-corrected chi connectivity index (χ2v) is 4.71. The molecule has 19 heavy (non-hydrogen) atoms. The molecule has 1 aromatic carbocycles. The van der Waals surface area contributed by atoms with Crippen molar-refractivity contribution in [1.82, 2.24) is 4.90 Å². The van der Waals surface area contributed by atoms with E-state index < -0.39 is 5.97 Å². The second-order valence-electron chi connectivity index (χ2n) is 4.71. The molecule has 0 aliphatic carbocycles. The number of carbonyl (C=O) groups is 2. The van der Waals surface area contributed by atoms with Gasteiger partial charge in [-0.1, -0.05) is 13.0 Å². The number of anilines is 1. The number of benzene rings is 1. The fourth-order valence-corrected chi connectivity index (χ4v) is 2.45. The van der Waals surface area contributed by atoms with Crippen LogP contribution in [0.1, 0.15) is 36.5 Å². The first-order chi connectivity index (χ1) is 9.11. The van der Waals surface area contributed by atoms with Crippen LogP contribution in [0.25, 0.3) is 0 Å². The number of hydrogen-bond acceptors (Lipinski definition) is 2. The molecule has 102 valence electrons. The molecular formula is C14H18N2O3. The van der Waals surface area contributed by atoms with E-state index in [1.807, 2.05) is 4.90 Å². The van der Waals surface area contributed by atoms with E-state index in [4.69, 9.17) is 5.11 Å². The standard InChI is InChI=1S/C14H18N2O3/c1-2-12-7-4-8-16(12)14(19)15-11-6-3-5-10(9-11)13(17)18/h3,5-6,9,12H,2,4,7-8H2,1H3,(H,15,19)(H,17,18). The Morgan fingerprint density at radius 1 is 1.47 bits per heavy atom. The molecule has 2 rings (SSSR count). The van der Waals surface area contributed by atoms with Gasteiger partial charge in [0, 0.05) is 18.3 Å². The highest BCUT2D eigenvalue weighted by molar-refractivity contribution is 5.93. The van der Waals surface area contributed by atoms with Gasteiger partial charge in [-0.15, -0.1) is 0 Å². The molecule has 2 N–H and O–H groups in total. The van der Waals surface area contributed by atoms with E-state index in [9.17, 15) is 9.59 Å². The smallest absolute Gasteiger partial charge is 0.335 e. The van der Waals surface area contributed by atoms with Gasteiger partial charge in [-0.05, 0) is 37.5 Å². The fourth-order valence-electron chi connectivity index (χ4n) is 2.45. The minimum Gasteiger partial charge on any atom is -0.478 e. The molecule has 5 nitrogen and oxygen atoms in total. The van der Waals surface area contributed by atoms with E-state index in [0.29, 0.717) is 11.7 Å². The van der Waals surface area contributed by atoms with Crippen LogP contribution in [0.4, 0.5) is 10.5 Å². The summed E-state index contributed by atoms with van der Waals surface area (Å²) in [4.78, 5) is 24.8. The van der Waals surface area contributed by atoms with Gasteiger partial charge < -0.3 is 15.3 Å². The number of amides is 2. The number of carboxylic acid groups (broad SMARTS) is 1. The number of urea groups is 1. The molecule has 0 spiro atoms. The summed E-state index contributed by atoms with van der Waals surface area (Å²) in [5.74, 6) is -0.997. The van der Waals surface area contributed by atoms with Gasteiger partial charge in [-0.3, -0.25) is 0 Å². The number of nitrogens with one attached hydrogen (secondary N) is 1. The Morgan fingerprint density at radius 3 is 2.95 bits per heavy atom. The first-order valence-electron chi connectivity index (χ1n) is 6.52. The third-order valence-corrected chi connectivity index (χ3v) is 3.47. The summed E-state index contributed by atoms with van der Waals surface area (Å²) in [7, 11) is 0. The number of likely N-dealkylation sites (tertiary alicyclic amines) is 1. The zero-order valence-corrected chi connectivity index (χ0v) is 10.9. The molecular weight excluding hydrogens is 244 g/mol. The van der Waals surface area contributed by atoms with Crippen molar-refractivity contribution in [2.75, 3.05) is 11.9 Å². The van der Waals surface area contributed by atoms with Crippen molar-refractivity contribution in [3.05, 3.63) is 29.8 Å². The van der Waals surface area contributed by atoms with Crippen molar-refractivity contribution in [3.63, 3.8) is 0 Å². The predicted octanol–water partition coefficient (Wildman–Crippen LogP) is 2.79. The summed E-state index contributed by atoms with van der Waals surface area (Å²) < 4.78 is 0. The third kappa shape index (κ3) is 3.05. The number of hydrogen-bond donors (Lipinski definition) is 2. The maximum Gasteiger partial charge on any atom is 0.335 e. The molecule has 1 saturated heterocycles. The molecule has 2 amide bonds. The number of carbonyl (C=O) groups excluding carboxylic acids is 1. The lowest BCUT2D eigenvalue weighted by Crippen LogP contribution is -2.38. The largest absolute Gasteiger partial charge is 0.478 e. The van der Waals surface area contributed by atoms with Crippen molar-refractivity contribution in [2.24, 2.45) is 0 Å². The highest BCUT2D eigenvalue weighted by Gasteiger charge is 2.27. The van der Waals surface area contributed by atoms with E-state index in [1.54, 1.807) is 12.1 Å². The Balaban J connectivity index is 2.06. The van der Waals surface area contributed by atoms with E-state index in [1.165, 1.54) is 12.1 Å². The maximum atomic E-state index is 12.1. The summed E-state index contributed by atoms with van der Waals surface area (Å²) in [6, 6.07) is 6.44. The molecule has 0 aromatic heterocycles. The molecule has 1 atom stereocenters. The normalized spacial score (nSPS) is 18.4. The van der Waals surface area contributed by atoms with Crippen molar-refractivity contribution in [1.29, 1.82) is 0 Å². The molecule has 0 bridgehead atoms. The number of aromatic carboxylic acids is 1. The quantitative estimate of drug-likeness (QED) is 0.880. The van der Waals surface area contributed by atoms with Gasteiger partial charge in [0.05, 0.1) is 5.56 Å². The molecule has 1 heterocycles. The number of nitrogens with zero attached hydrogens (tertiary/aromatic N) is 1. The molecule has 0 radical (unpaired) electrons. The average molecular weight is 262 g/mol. The van der Waals surface area contributed by atoms with Gasteiger partial charge in [0.2, 0.25) is 0 Å². The summed E-state index contributed by atoms with van der Waals surface area (Å²) in [5, 5.41) is 11.7. The van der Waals surface area contributed by atoms with Gasteiger partial charge in [0.15, 0.2) is 0 Å². The van der Waals surface area contributed by atoms with Crippen molar-refractivity contribution < 1.29 is 14.7 Å². The van der Waals surface area contributed by atoms with Crippen LogP contribution in [0, 0.1) is 0 Å². The van der Waals surface area contributed by atoms with Gasteiger partial charge in [0.1, 0.15) is 0 Å². The van der Waals surface area contributed by atoms with Crippen LogP contribution in [0.5, 0.6) is 0 Å². The topological polar surface area (TPSA) is 69.6 Å². The van der Waals surface area contributed by atoms with Crippen molar-refractivity contribution in [3.8, 4) is 0 Å². The first kappa shape index (κ1) is 13.4. The zero-order valence-electron chi connectivity index (χ0n) is 10.9. The monoisotopic (exact) mass is 262 g/mol. The third-order valence-electron chi connectivity index (χ3n) is 3.47. The summed E-state index contributed by atoms with van der Waals surface area (Å²) in [6.45, 7) is 2.84. The Bertz CT molecular complexity index is 487. The van der Waals surface area contributed by atoms with Crippen LogP contribution >= 0.6 is 0 Å². The second kappa shape index (κ2) is 5.73. The van der Waals surface area contributed by atoms with Crippen LogP contribution in [0.2, 0.25) is 0 Å². The molecule has 1 fully saturated rings. The van der Waals surface area contributed by atoms with E-state index in [0.717, 1.165) is 25.8 Å². The van der Waals surface area contributed by atoms with Gasteiger partial charge in [-0.25, -0.2) is 9.59 Å². The van der Waals surface area contributed by atoms with Gasteiger partial charge >= 0.3 is 12.0 Å². The molecule has 5 heteroatoms. The van der Waals surface area contributed by atoms with E-state index in [2.05, 4.69) is 12.2 Å². The Kier molecular flexibility index (Phi) is 4.04. The lowest BCUT2D eigenvalue weighted by Gasteiger charge is -2.24. The van der Waals surface area contributed by atoms with Crippen LogP contribution in [0.3, 0.4) is 0 Å². The summed E-state index contributed by atoms with van der Waals surface area (Å²) in [5.41, 5.74) is 0.693. The molecule has 0 saturated carbocycles. The lowest BCUT2D eigenvalue weighted by atomic mass is 10.2. The highest BCUT2D eigenvalue weighted by atomic mass is 16.4. The summed E-state index contributed by atoms with van der Waals surface area (Å²) >= 11 is 0. The Hall–Kier alpha value is -2.04. The predicted molar refractivity (Wildman–Crippen MR) is 72.4 cm³/mol. The van der Waals surface area contributed by atoms with E-state index >= 15 is 0 Å². The minimum atomic E-state index is -0.997. The van der Waals surface area contributed by atoms with Gasteiger partial charge in [0.25, 0.3) is 0 Å². The minimum absolute atomic E-state index is 0.146. The molecule has 1 unspecified atom stereocenters. The van der Waals surface area contributed by atoms with Crippen molar-refractivity contribution in [2.45, 2.75) is 32.2 Å². The van der Waals surface area contributed by atoms with Crippen LogP contribution < -0.4 is 5.32 Å². The number of rotatable bonds is 3. The molecule has 1 aromatic rings. The Labute approximate surface area is 112 Å². The van der Waals surface area contributed by atoms with Crippen molar-refractivity contribution >= 4 is 17.7 Å². The van der Waals surface area contributed by atoms with E-state index in [-0.39, 0.29) is 11.6 Å². The van der Waals surface area contributed by atoms with Gasteiger partial charge in [-0.2, -0.15) is 0 Å². The average Bonchev–Trinajstić information content (AvgIpc) is 2.87.